The van der Waals surface area contributed by atoms with Crippen molar-refractivity contribution < 1.29 is 40.6 Å². The molecule has 36 heavy (non-hydrogen) atoms. The minimum absolute atomic E-state index is 0.0916. The third-order valence-electron chi connectivity index (χ3n) is 7.70. The van der Waals surface area contributed by atoms with Crippen LogP contribution in [0.3, 0.4) is 0 Å². The van der Waals surface area contributed by atoms with E-state index in [-0.39, 0.29) is 24.6 Å². The summed E-state index contributed by atoms with van der Waals surface area (Å²) in [5.41, 5.74) is -2.95. The number of halogens is 6. The average Bonchev–Trinajstić information content (AvgIpc) is 3.46. The van der Waals surface area contributed by atoms with Crippen LogP contribution in [-0.2, 0) is 32.2 Å². The van der Waals surface area contributed by atoms with Crippen molar-refractivity contribution in [2.24, 2.45) is 0 Å². The number of hydrogen-bond donors (Lipinski definition) is 0. The van der Waals surface area contributed by atoms with Gasteiger partial charge in [-0.2, -0.15) is 26.3 Å². The van der Waals surface area contributed by atoms with E-state index in [2.05, 4.69) is 0 Å². The van der Waals surface area contributed by atoms with Crippen LogP contribution in [0.2, 0.25) is 0 Å². The quantitative estimate of drug-likeness (QED) is 0.456. The summed E-state index contributed by atoms with van der Waals surface area (Å²) in [6.45, 7) is 1.20. The molecule has 0 bridgehead atoms. The fourth-order valence-corrected chi connectivity index (χ4v) is 5.89. The van der Waals surface area contributed by atoms with Gasteiger partial charge in [0.1, 0.15) is 0 Å². The Bertz CT molecular complexity index is 1080. The van der Waals surface area contributed by atoms with Gasteiger partial charge in [-0.15, -0.1) is 0 Å². The molecular formula is C26H25F6NO3. The Morgan fingerprint density at radius 1 is 0.806 bits per heavy atom. The number of amides is 1. The van der Waals surface area contributed by atoms with E-state index in [1.807, 2.05) is 30.3 Å². The molecule has 3 fully saturated rings. The molecule has 10 heteroatoms. The molecule has 2 heterocycles. The van der Waals surface area contributed by atoms with E-state index >= 15 is 0 Å². The number of carbonyl (C=O) groups excluding carboxylic acids is 1. The van der Waals surface area contributed by atoms with Gasteiger partial charge in [0.25, 0.3) is 0 Å². The highest BCUT2D eigenvalue weighted by Crippen LogP contribution is 2.51. The first-order chi connectivity index (χ1) is 16.9. The Hall–Kier alpha value is -2.59. The Morgan fingerprint density at radius 3 is 1.89 bits per heavy atom. The van der Waals surface area contributed by atoms with Crippen LogP contribution >= 0.6 is 0 Å². The average molecular weight is 513 g/mol. The van der Waals surface area contributed by atoms with Crippen LogP contribution in [0.15, 0.2) is 48.5 Å². The van der Waals surface area contributed by atoms with Gasteiger partial charge in [-0.3, -0.25) is 4.79 Å². The molecule has 2 aromatic carbocycles. The summed E-state index contributed by atoms with van der Waals surface area (Å²) >= 11 is 0. The van der Waals surface area contributed by atoms with E-state index in [0.29, 0.717) is 51.0 Å². The Kier molecular flexibility index (Phi) is 6.10. The SMILES string of the molecule is O=C1C(c2cc(C(F)(F)F)cc(C(F)(F)F)c2)CCN1C1(c2ccccc2)CCC2(CC1)OCCO2. The normalized spacial score (nSPS) is 24.0. The standard InChI is InChI=1S/C26H25F6NO3/c27-25(28,29)19-14-17(15-20(16-19)26(30,31)32)21-6-11-33(22(21)34)23(18-4-2-1-3-5-18)7-9-24(10-8-23)35-12-13-36-24/h1-5,14-16,21H,6-13H2. The maximum absolute atomic E-state index is 13.7. The van der Waals surface area contributed by atoms with Crippen molar-refractivity contribution in [3.63, 3.8) is 0 Å². The molecule has 2 saturated heterocycles. The molecule has 194 valence electrons. The number of likely N-dealkylation sites (tertiary alicyclic amines) is 1. The minimum atomic E-state index is -4.97. The van der Waals surface area contributed by atoms with Gasteiger partial charge < -0.3 is 14.4 Å². The van der Waals surface area contributed by atoms with Gasteiger partial charge in [0, 0.05) is 19.4 Å². The molecule has 0 radical (unpaired) electrons. The van der Waals surface area contributed by atoms with Gasteiger partial charge in [-0.25, -0.2) is 0 Å². The third-order valence-corrected chi connectivity index (χ3v) is 7.70. The highest BCUT2D eigenvalue weighted by molar-refractivity contribution is 5.87. The predicted molar refractivity (Wildman–Crippen MR) is 117 cm³/mol. The second kappa shape index (κ2) is 8.76. The molecule has 1 aliphatic carbocycles. The first kappa shape index (κ1) is 25.1. The lowest BCUT2D eigenvalue weighted by atomic mass is 9.73. The molecule has 5 rings (SSSR count). The van der Waals surface area contributed by atoms with Crippen molar-refractivity contribution in [3.05, 3.63) is 70.8 Å². The summed E-state index contributed by atoms with van der Waals surface area (Å²) in [5.74, 6) is -2.26. The van der Waals surface area contributed by atoms with E-state index in [9.17, 15) is 31.1 Å². The lowest BCUT2D eigenvalue weighted by Crippen LogP contribution is -2.53. The first-order valence-corrected chi connectivity index (χ1v) is 11.9. The molecule has 4 nitrogen and oxygen atoms in total. The van der Waals surface area contributed by atoms with E-state index in [1.54, 1.807) is 4.90 Å². The number of carbonyl (C=O) groups is 1. The molecular weight excluding hydrogens is 488 g/mol. The molecule has 1 atom stereocenters. The smallest absolute Gasteiger partial charge is 0.348 e. The van der Waals surface area contributed by atoms with Gasteiger partial charge >= 0.3 is 12.4 Å². The number of nitrogens with zero attached hydrogens (tertiary/aromatic N) is 1. The summed E-state index contributed by atoms with van der Waals surface area (Å²) in [4.78, 5) is 15.4. The van der Waals surface area contributed by atoms with Gasteiger partial charge in [-0.05, 0) is 48.6 Å². The molecule has 0 aromatic heterocycles. The molecule has 2 aliphatic heterocycles. The lowest BCUT2D eigenvalue weighted by molar-refractivity contribution is -0.196. The van der Waals surface area contributed by atoms with Crippen molar-refractivity contribution in [1.29, 1.82) is 0 Å². The zero-order chi connectivity index (χ0) is 25.8. The van der Waals surface area contributed by atoms with E-state index < -0.39 is 46.6 Å². The van der Waals surface area contributed by atoms with Crippen LogP contribution in [-0.4, -0.2) is 36.4 Å². The highest BCUT2D eigenvalue weighted by atomic mass is 19.4. The number of alkyl halides is 6. The predicted octanol–water partition coefficient (Wildman–Crippen LogP) is 6.25. The highest BCUT2D eigenvalue weighted by Gasteiger charge is 2.53. The first-order valence-electron chi connectivity index (χ1n) is 11.9. The zero-order valence-corrected chi connectivity index (χ0v) is 19.3. The van der Waals surface area contributed by atoms with Crippen molar-refractivity contribution in [2.75, 3.05) is 19.8 Å². The van der Waals surface area contributed by atoms with Crippen LogP contribution in [0.5, 0.6) is 0 Å². The van der Waals surface area contributed by atoms with Crippen molar-refractivity contribution in [1.82, 2.24) is 4.90 Å². The number of rotatable bonds is 3. The molecule has 1 amide bonds. The Morgan fingerprint density at radius 2 is 1.36 bits per heavy atom. The monoisotopic (exact) mass is 513 g/mol. The van der Waals surface area contributed by atoms with Crippen LogP contribution in [0.25, 0.3) is 0 Å². The summed E-state index contributed by atoms with van der Waals surface area (Å²) in [6.07, 6.45) is -7.75. The number of benzene rings is 2. The summed E-state index contributed by atoms with van der Waals surface area (Å²) in [7, 11) is 0. The lowest BCUT2D eigenvalue weighted by Gasteiger charge is -2.49. The zero-order valence-electron chi connectivity index (χ0n) is 19.3. The third kappa shape index (κ3) is 4.38. The van der Waals surface area contributed by atoms with Crippen LogP contribution < -0.4 is 0 Å². The second-order valence-corrected chi connectivity index (χ2v) is 9.68. The number of ether oxygens (including phenoxy) is 2. The van der Waals surface area contributed by atoms with E-state index in [0.717, 1.165) is 5.56 Å². The molecule has 2 aromatic rings. The summed E-state index contributed by atoms with van der Waals surface area (Å²) in [6, 6.07) is 10.8. The minimum Gasteiger partial charge on any atom is -0.348 e. The summed E-state index contributed by atoms with van der Waals surface area (Å²) in [5, 5.41) is 0. The maximum Gasteiger partial charge on any atom is 0.416 e. The maximum atomic E-state index is 13.7. The van der Waals surface area contributed by atoms with Gasteiger partial charge in [-0.1, -0.05) is 30.3 Å². The summed E-state index contributed by atoms with van der Waals surface area (Å²) < 4.78 is 92.3. The van der Waals surface area contributed by atoms with E-state index in [1.165, 1.54) is 0 Å². The molecule has 3 aliphatic rings. The molecule has 1 saturated carbocycles. The largest absolute Gasteiger partial charge is 0.416 e. The van der Waals surface area contributed by atoms with Crippen molar-refractivity contribution in [2.45, 2.75) is 61.7 Å². The fourth-order valence-electron chi connectivity index (χ4n) is 5.89. The van der Waals surface area contributed by atoms with E-state index in [4.69, 9.17) is 9.47 Å². The fraction of sp³-hybridized carbons (Fsp3) is 0.500. The molecule has 1 unspecified atom stereocenters. The Balaban J connectivity index is 1.50. The van der Waals surface area contributed by atoms with Crippen LogP contribution in [0.4, 0.5) is 26.3 Å². The topological polar surface area (TPSA) is 38.8 Å². The molecule has 0 N–H and O–H groups in total. The number of hydrogen-bond acceptors (Lipinski definition) is 3. The van der Waals surface area contributed by atoms with Gasteiger partial charge in [0.15, 0.2) is 5.79 Å². The second-order valence-electron chi connectivity index (χ2n) is 9.68. The molecule has 1 spiro atoms. The van der Waals surface area contributed by atoms with Gasteiger partial charge in [0.2, 0.25) is 5.91 Å². The van der Waals surface area contributed by atoms with Crippen molar-refractivity contribution in [3.8, 4) is 0 Å². The van der Waals surface area contributed by atoms with Crippen molar-refractivity contribution >= 4 is 5.91 Å². The Labute approximate surface area is 204 Å². The van der Waals surface area contributed by atoms with Gasteiger partial charge in [0.05, 0.1) is 35.8 Å². The van der Waals surface area contributed by atoms with Crippen LogP contribution in [0.1, 0.15) is 60.3 Å². The van der Waals surface area contributed by atoms with Crippen LogP contribution in [0, 0.1) is 0 Å².